The Kier molecular flexibility index (Phi) is 10.4. The highest BCUT2D eigenvalue weighted by Crippen LogP contribution is 2.15. The fraction of sp³-hybridized carbons (Fsp3) is 0.375. The van der Waals surface area contributed by atoms with Gasteiger partial charge in [-0.2, -0.15) is 0 Å². The Morgan fingerprint density at radius 1 is 0.839 bits per heavy atom. The number of unbranched alkanes of at least 4 members (excludes halogenated alkanes) is 3. The number of hydroxylamine groups is 1. The van der Waals surface area contributed by atoms with E-state index in [0.29, 0.717) is 31.4 Å². The number of carboxylic acid groups (broad SMARTS) is 1. The van der Waals surface area contributed by atoms with Crippen LogP contribution in [0.1, 0.15) is 61.3 Å². The molecule has 2 aromatic rings. The van der Waals surface area contributed by atoms with Crippen LogP contribution in [0.4, 0.5) is 0 Å². The summed E-state index contributed by atoms with van der Waals surface area (Å²) in [6.45, 7) is 0.384. The Hall–Kier alpha value is -3.03. The summed E-state index contributed by atoms with van der Waals surface area (Å²) in [5.41, 5.74) is 4.14. The summed E-state index contributed by atoms with van der Waals surface area (Å²) >= 11 is 0. The molecule has 1 atom stereocenters. The fourth-order valence-electron chi connectivity index (χ4n) is 3.40. The molecule has 0 aliphatic heterocycles. The van der Waals surface area contributed by atoms with E-state index in [2.05, 4.69) is 5.32 Å². The number of ketones is 1. The van der Waals surface area contributed by atoms with Crippen molar-refractivity contribution in [2.45, 2.75) is 57.5 Å². The first-order valence-corrected chi connectivity index (χ1v) is 10.5. The summed E-state index contributed by atoms with van der Waals surface area (Å²) in [5, 5.41) is 21.0. The van der Waals surface area contributed by atoms with Gasteiger partial charge in [-0.3, -0.25) is 24.9 Å². The highest BCUT2D eigenvalue weighted by Gasteiger charge is 2.18. The Balaban J connectivity index is 1.77. The molecule has 0 aliphatic rings. The SMILES string of the molecule is O=C(CCCCCCC(=O)NO)Cc1cccc(CN[C@H](C(=O)O)c2ccccc2)c1. The van der Waals surface area contributed by atoms with Crippen molar-refractivity contribution in [1.82, 2.24) is 10.8 Å². The molecule has 0 saturated carbocycles. The zero-order valence-electron chi connectivity index (χ0n) is 17.5. The Morgan fingerprint density at radius 3 is 2.19 bits per heavy atom. The summed E-state index contributed by atoms with van der Waals surface area (Å²) in [7, 11) is 0. The van der Waals surface area contributed by atoms with Gasteiger partial charge in [0.25, 0.3) is 0 Å². The standard InChI is InChI=1S/C24H30N2O5/c27-21(13-6-1-2-7-14-22(28)26-31)16-18-9-8-10-19(15-18)17-25-23(24(29)30)20-11-4-3-5-12-20/h3-5,8-12,15,23,25,31H,1-2,6-7,13-14,16-17H2,(H,26,28)(H,29,30)/t23-/m0/s1. The van der Waals surface area contributed by atoms with Gasteiger partial charge in [0.1, 0.15) is 11.8 Å². The van der Waals surface area contributed by atoms with Gasteiger partial charge >= 0.3 is 5.97 Å². The van der Waals surface area contributed by atoms with Crippen molar-refractivity contribution >= 4 is 17.7 Å². The second-order valence-electron chi connectivity index (χ2n) is 7.55. The maximum Gasteiger partial charge on any atom is 0.325 e. The molecular formula is C24H30N2O5. The normalized spacial score (nSPS) is 11.6. The van der Waals surface area contributed by atoms with Crippen LogP contribution in [-0.4, -0.2) is 28.0 Å². The van der Waals surface area contributed by atoms with E-state index in [1.54, 1.807) is 17.6 Å². The molecule has 2 aromatic carbocycles. The maximum atomic E-state index is 12.3. The third-order valence-corrected chi connectivity index (χ3v) is 5.02. The molecule has 0 unspecified atom stereocenters. The lowest BCUT2D eigenvalue weighted by molar-refractivity contribution is -0.139. The van der Waals surface area contributed by atoms with Crippen molar-refractivity contribution in [1.29, 1.82) is 0 Å². The van der Waals surface area contributed by atoms with Gasteiger partial charge in [-0.1, -0.05) is 67.4 Å². The molecular weight excluding hydrogens is 396 g/mol. The van der Waals surface area contributed by atoms with E-state index in [0.717, 1.165) is 30.4 Å². The van der Waals surface area contributed by atoms with Crippen molar-refractivity contribution in [3.05, 3.63) is 71.3 Å². The number of Topliss-reactive ketones (excluding diaryl/α,β-unsaturated/α-hetero) is 1. The molecule has 0 heterocycles. The third-order valence-electron chi connectivity index (χ3n) is 5.02. The summed E-state index contributed by atoms with van der Waals surface area (Å²) in [5.74, 6) is -1.16. The van der Waals surface area contributed by atoms with Crippen LogP contribution in [0, 0.1) is 0 Å². The van der Waals surface area contributed by atoms with E-state index >= 15 is 0 Å². The van der Waals surface area contributed by atoms with Crippen LogP contribution in [-0.2, 0) is 27.3 Å². The van der Waals surface area contributed by atoms with Gasteiger partial charge in [0, 0.05) is 25.8 Å². The van der Waals surface area contributed by atoms with Gasteiger partial charge in [-0.05, 0) is 29.5 Å². The maximum absolute atomic E-state index is 12.3. The second-order valence-corrected chi connectivity index (χ2v) is 7.55. The number of carbonyl (C=O) groups is 3. The summed E-state index contributed by atoms with van der Waals surface area (Å²) in [6, 6.07) is 15.9. The summed E-state index contributed by atoms with van der Waals surface area (Å²) in [4.78, 5) is 34.8. The Bertz CT molecular complexity index is 854. The fourth-order valence-corrected chi connectivity index (χ4v) is 3.40. The number of benzene rings is 2. The average Bonchev–Trinajstić information content (AvgIpc) is 2.77. The minimum Gasteiger partial charge on any atom is -0.480 e. The first-order valence-electron chi connectivity index (χ1n) is 10.5. The van der Waals surface area contributed by atoms with Gasteiger partial charge in [0.2, 0.25) is 5.91 Å². The van der Waals surface area contributed by atoms with E-state index < -0.39 is 12.0 Å². The van der Waals surface area contributed by atoms with E-state index in [1.807, 2.05) is 42.5 Å². The predicted molar refractivity (Wildman–Crippen MR) is 116 cm³/mol. The smallest absolute Gasteiger partial charge is 0.325 e. The molecule has 1 amide bonds. The number of rotatable bonds is 14. The van der Waals surface area contributed by atoms with Crippen LogP contribution in [0.15, 0.2) is 54.6 Å². The first-order chi connectivity index (χ1) is 15.0. The molecule has 2 rings (SSSR count). The van der Waals surface area contributed by atoms with E-state index in [4.69, 9.17) is 5.21 Å². The number of hydrogen-bond acceptors (Lipinski definition) is 5. The zero-order chi connectivity index (χ0) is 22.5. The largest absolute Gasteiger partial charge is 0.480 e. The van der Waals surface area contributed by atoms with Crippen LogP contribution in [0.5, 0.6) is 0 Å². The molecule has 0 saturated heterocycles. The molecule has 0 fully saturated rings. The van der Waals surface area contributed by atoms with E-state index in [-0.39, 0.29) is 18.1 Å². The number of hydrogen-bond donors (Lipinski definition) is 4. The van der Waals surface area contributed by atoms with Crippen LogP contribution in [0.3, 0.4) is 0 Å². The molecule has 7 heteroatoms. The molecule has 0 radical (unpaired) electrons. The number of nitrogens with one attached hydrogen (secondary N) is 2. The summed E-state index contributed by atoms with van der Waals surface area (Å²) < 4.78 is 0. The Morgan fingerprint density at radius 2 is 1.52 bits per heavy atom. The number of amides is 1. The second kappa shape index (κ2) is 13.3. The Labute approximate surface area is 182 Å². The van der Waals surface area contributed by atoms with Crippen LogP contribution < -0.4 is 10.8 Å². The van der Waals surface area contributed by atoms with Crippen molar-refractivity contribution in [2.75, 3.05) is 0 Å². The lowest BCUT2D eigenvalue weighted by Crippen LogP contribution is -2.28. The topological polar surface area (TPSA) is 116 Å². The quantitative estimate of drug-likeness (QED) is 0.209. The van der Waals surface area contributed by atoms with Gasteiger partial charge in [0.15, 0.2) is 0 Å². The van der Waals surface area contributed by atoms with Crippen LogP contribution in [0.2, 0.25) is 0 Å². The number of carboxylic acids is 1. The lowest BCUT2D eigenvalue weighted by Gasteiger charge is -2.15. The minimum absolute atomic E-state index is 0.158. The van der Waals surface area contributed by atoms with Gasteiger partial charge < -0.3 is 5.11 Å². The van der Waals surface area contributed by atoms with Crippen LogP contribution in [0.25, 0.3) is 0 Å². The zero-order valence-corrected chi connectivity index (χ0v) is 17.5. The molecule has 31 heavy (non-hydrogen) atoms. The van der Waals surface area contributed by atoms with Crippen molar-refractivity contribution in [3.8, 4) is 0 Å². The summed E-state index contributed by atoms with van der Waals surface area (Å²) in [6.07, 6.45) is 4.30. The average molecular weight is 427 g/mol. The lowest BCUT2D eigenvalue weighted by atomic mass is 10.0. The third kappa shape index (κ3) is 9.11. The number of carbonyl (C=O) groups excluding carboxylic acids is 2. The molecule has 166 valence electrons. The molecule has 0 spiro atoms. The first kappa shape index (κ1) is 24.2. The van der Waals surface area contributed by atoms with E-state index in [9.17, 15) is 19.5 Å². The molecule has 0 bridgehead atoms. The molecule has 0 aromatic heterocycles. The van der Waals surface area contributed by atoms with Gasteiger partial charge in [0.05, 0.1) is 0 Å². The van der Waals surface area contributed by atoms with Crippen LogP contribution >= 0.6 is 0 Å². The highest BCUT2D eigenvalue weighted by molar-refractivity contribution is 5.80. The monoisotopic (exact) mass is 426 g/mol. The predicted octanol–water partition coefficient (Wildman–Crippen LogP) is 3.56. The molecule has 4 N–H and O–H groups in total. The minimum atomic E-state index is -0.936. The highest BCUT2D eigenvalue weighted by atomic mass is 16.5. The van der Waals surface area contributed by atoms with Crippen molar-refractivity contribution < 1.29 is 24.7 Å². The van der Waals surface area contributed by atoms with E-state index in [1.165, 1.54) is 0 Å². The molecule has 7 nitrogen and oxygen atoms in total. The molecule has 0 aliphatic carbocycles. The van der Waals surface area contributed by atoms with Gasteiger partial charge in [-0.15, -0.1) is 0 Å². The van der Waals surface area contributed by atoms with Crippen molar-refractivity contribution in [2.24, 2.45) is 0 Å². The van der Waals surface area contributed by atoms with Crippen molar-refractivity contribution in [3.63, 3.8) is 0 Å². The number of aliphatic carboxylic acids is 1. The van der Waals surface area contributed by atoms with Gasteiger partial charge in [-0.25, -0.2) is 5.48 Å².